The number of rotatable bonds is 6. The lowest BCUT2D eigenvalue weighted by molar-refractivity contribution is 0.0775. The van der Waals surface area contributed by atoms with Gasteiger partial charge in [0, 0.05) is 31.8 Å². The number of carbonyl (C=O) groups excluding carboxylic acids is 2. The van der Waals surface area contributed by atoms with Crippen molar-refractivity contribution in [2.45, 2.75) is 37.8 Å². The fraction of sp³-hybridized carbons (Fsp3) is 0.529. The van der Waals surface area contributed by atoms with Gasteiger partial charge in [0.15, 0.2) is 0 Å². The molecule has 7 nitrogen and oxygen atoms in total. The molecule has 0 saturated heterocycles. The van der Waals surface area contributed by atoms with Gasteiger partial charge in [-0.3, -0.25) is 5.32 Å². The highest BCUT2D eigenvalue weighted by molar-refractivity contribution is 5.84. The van der Waals surface area contributed by atoms with Crippen LogP contribution in [0.3, 0.4) is 0 Å². The first-order chi connectivity index (χ1) is 11.7. The second-order valence-electron chi connectivity index (χ2n) is 5.77. The summed E-state index contributed by atoms with van der Waals surface area (Å²) in [6, 6.07) is 8.97. The highest BCUT2D eigenvalue weighted by atomic mass is 16.6. The number of anilines is 1. The zero-order chi connectivity index (χ0) is 17.2. The van der Waals surface area contributed by atoms with Crippen molar-refractivity contribution in [2.24, 2.45) is 0 Å². The number of para-hydroxylation sites is 1. The summed E-state index contributed by atoms with van der Waals surface area (Å²) < 4.78 is 10.3. The monoisotopic (exact) mass is 335 g/mol. The summed E-state index contributed by atoms with van der Waals surface area (Å²) in [6.45, 7) is 0.942. The van der Waals surface area contributed by atoms with E-state index in [1.165, 1.54) is 0 Å². The Balaban J connectivity index is 1.72. The molecule has 24 heavy (non-hydrogen) atoms. The summed E-state index contributed by atoms with van der Waals surface area (Å²) in [5, 5.41) is 8.34. The number of methoxy groups -OCH3 is 1. The minimum absolute atomic E-state index is 0.0100. The van der Waals surface area contributed by atoms with Gasteiger partial charge in [0.2, 0.25) is 0 Å². The van der Waals surface area contributed by atoms with Gasteiger partial charge in [-0.2, -0.15) is 0 Å². The zero-order valence-electron chi connectivity index (χ0n) is 13.9. The highest BCUT2D eigenvalue weighted by Crippen LogP contribution is 2.21. The summed E-state index contributed by atoms with van der Waals surface area (Å²) in [5.74, 6) is 0. The molecule has 132 valence electrons. The van der Waals surface area contributed by atoms with Gasteiger partial charge in [-0.25, -0.2) is 9.59 Å². The molecule has 1 aliphatic rings. The molecule has 1 aromatic rings. The van der Waals surface area contributed by atoms with E-state index in [9.17, 15) is 9.59 Å². The predicted octanol–water partition coefficient (Wildman–Crippen LogP) is 2.49. The maximum Gasteiger partial charge on any atom is 0.411 e. The fourth-order valence-electron chi connectivity index (χ4n) is 2.71. The molecular weight excluding hydrogens is 310 g/mol. The minimum Gasteiger partial charge on any atom is -0.446 e. The highest BCUT2D eigenvalue weighted by Gasteiger charge is 2.26. The molecule has 0 aromatic heterocycles. The Morgan fingerprint density at radius 3 is 2.75 bits per heavy atom. The maximum absolute atomic E-state index is 11.9. The standard InChI is InChI=1S/C17H25N3O4/c1-23-11-10-18-16(21)19-14-8-5-9-15(12-14)24-17(22)20-13-6-3-2-4-7-13/h2-4,6-7,14-15H,5,8-12H2,1H3,(H,20,22)(H2,18,19,21). The molecule has 3 amide bonds. The zero-order valence-corrected chi connectivity index (χ0v) is 13.9. The van der Waals surface area contributed by atoms with Gasteiger partial charge in [0.25, 0.3) is 0 Å². The van der Waals surface area contributed by atoms with E-state index < -0.39 is 6.09 Å². The van der Waals surface area contributed by atoms with Gasteiger partial charge < -0.3 is 20.1 Å². The van der Waals surface area contributed by atoms with E-state index >= 15 is 0 Å². The van der Waals surface area contributed by atoms with E-state index in [2.05, 4.69) is 16.0 Å². The molecular formula is C17H25N3O4. The van der Waals surface area contributed by atoms with Gasteiger partial charge >= 0.3 is 12.1 Å². The van der Waals surface area contributed by atoms with E-state index in [0.29, 0.717) is 25.3 Å². The molecule has 2 rings (SSSR count). The van der Waals surface area contributed by atoms with Crippen LogP contribution in [0.25, 0.3) is 0 Å². The number of amides is 3. The van der Waals surface area contributed by atoms with Crippen LogP contribution in [-0.4, -0.2) is 44.5 Å². The molecule has 2 unspecified atom stereocenters. The van der Waals surface area contributed by atoms with Crippen molar-refractivity contribution >= 4 is 17.8 Å². The van der Waals surface area contributed by atoms with E-state index in [1.807, 2.05) is 18.2 Å². The Hall–Kier alpha value is -2.28. The van der Waals surface area contributed by atoms with Gasteiger partial charge in [0.05, 0.1) is 6.61 Å². The first-order valence-corrected chi connectivity index (χ1v) is 8.23. The Labute approximate surface area is 142 Å². The first-order valence-electron chi connectivity index (χ1n) is 8.23. The number of carbonyl (C=O) groups is 2. The molecule has 7 heteroatoms. The molecule has 0 spiro atoms. The molecule has 1 aromatic carbocycles. The van der Waals surface area contributed by atoms with Crippen LogP contribution >= 0.6 is 0 Å². The topological polar surface area (TPSA) is 88.7 Å². The molecule has 1 fully saturated rings. The minimum atomic E-state index is -0.462. The Bertz CT molecular complexity index is 524. The number of ether oxygens (including phenoxy) is 2. The van der Waals surface area contributed by atoms with E-state index in [1.54, 1.807) is 19.2 Å². The quantitative estimate of drug-likeness (QED) is 0.697. The van der Waals surface area contributed by atoms with Crippen LogP contribution in [0.4, 0.5) is 15.3 Å². The van der Waals surface area contributed by atoms with Crippen LogP contribution < -0.4 is 16.0 Å². The van der Waals surface area contributed by atoms with Crippen LogP contribution in [0.5, 0.6) is 0 Å². The third-order valence-electron chi connectivity index (χ3n) is 3.85. The number of hydrogen-bond donors (Lipinski definition) is 3. The van der Waals surface area contributed by atoms with Gasteiger partial charge in [0.1, 0.15) is 6.10 Å². The summed E-state index contributed by atoms with van der Waals surface area (Å²) >= 11 is 0. The molecule has 0 radical (unpaired) electrons. The Morgan fingerprint density at radius 2 is 2.00 bits per heavy atom. The normalized spacial score (nSPS) is 20.0. The molecule has 2 atom stereocenters. The number of hydrogen-bond acceptors (Lipinski definition) is 4. The van der Waals surface area contributed by atoms with Crippen LogP contribution in [-0.2, 0) is 9.47 Å². The second-order valence-corrected chi connectivity index (χ2v) is 5.77. The van der Waals surface area contributed by atoms with Crippen molar-refractivity contribution in [2.75, 3.05) is 25.6 Å². The van der Waals surface area contributed by atoms with E-state index in [0.717, 1.165) is 19.3 Å². The van der Waals surface area contributed by atoms with Crippen LogP contribution in [0, 0.1) is 0 Å². The predicted molar refractivity (Wildman–Crippen MR) is 91.0 cm³/mol. The third-order valence-corrected chi connectivity index (χ3v) is 3.85. The summed E-state index contributed by atoms with van der Waals surface area (Å²) in [6.07, 6.45) is 2.58. The number of urea groups is 1. The smallest absolute Gasteiger partial charge is 0.411 e. The average Bonchev–Trinajstić information content (AvgIpc) is 2.56. The van der Waals surface area contributed by atoms with E-state index in [-0.39, 0.29) is 18.2 Å². The maximum atomic E-state index is 11.9. The van der Waals surface area contributed by atoms with Crippen molar-refractivity contribution in [3.63, 3.8) is 0 Å². The van der Waals surface area contributed by atoms with Crippen molar-refractivity contribution in [3.05, 3.63) is 30.3 Å². The van der Waals surface area contributed by atoms with Gasteiger partial charge in [-0.1, -0.05) is 18.2 Å². The van der Waals surface area contributed by atoms with Crippen LogP contribution in [0.1, 0.15) is 25.7 Å². The van der Waals surface area contributed by atoms with Crippen molar-refractivity contribution < 1.29 is 19.1 Å². The molecule has 0 heterocycles. The summed E-state index contributed by atoms with van der Waals surface area (Å²) in [4.78, 5) is 23.7. The average molecular weight is 335 g/mol. The molecule has 3 N–H and O–H groups in total. The molecule has 1 aliphatic carbocycles. The fourth-order valence-corrected chi connectivity index (χ4v) is 2.71. The van der Waals surface area contributed by atoms with Gasteiger partial charge in [-0.05, 0) is 31.4 Å². The molecule has 1 saturated carbocycles. The largest absolute Gasteiger partial charge is 0.446 e. The number of benzene rings is 1. The van der Waals surface area contributed by atoms with Crippen molar-refractivity contribution in [3.8, 4) is 0 Å². The Morgan fingerprint density at radius 1 is 1.21 bits per heavy atom. The summed E-state index contributed by atoms with van der Waals surface area (Å²) in [7, 11) is 1.59. The lowest BCUT2D eigenvalue weighted by Gasteiger charge is -2.29. The Kier molecular flexibility index (Phi) is 7.35. The van der Waals surface area contributed by atoms with Gasteiger partial charge in [-0.15, -0.1) is 0 Å². The number of nitrogens with one attached hydrogen (secondary N) is 3. The molecule has 0 aliphatic heterocycles. The summed E-state index contributed by atoms with van der Waals surface area (Å²) in [5.41, 5.74) is 0.700. The lowest BCUT2D eigenvalue weighted by atomic mass is 9.93. The van der Waals surface area contributed by atoms with Crippen LogP contribution in [0.15, 0.2) is 30.3 Å². The second kappa shape index (κ2) is 9.77. The van der Waals surface area contributed by atoms with E-state index in [4.69, 9.17) is 9.47 Å². The SMILES string of the molecule is COCCNC(=O)NC1CCCC(OC(=O)Nc2ccccc2)C1. The first kappa shape index (κ1) is 18.1. The van der Waals surface area contributed by atoms with Crippen LogP contribution in [0.2, 0.25) is 0 Å². The lowest BCUT2D eigenvalue weighted by Crippen LogP contribution is -2.46. The third kappa shape index (κ3) is 6.45. The molecule has 0 bridgehead atoms. The van der Waals surface area contributed by atoms with Crippen molar-refractivity contribution in [1.82, 2.24) is 10.6 Å². The van der Waals surface area contributed by atoms with Crippen molar-refractivity contribution in [1.29, 1.82) is 0 Å².